The predicted molar refractivity (Wildman–Crippen MR) is 66.5 cm³/mol. The second-order valence-corrected chi connectivity index (χ2v) is 4.34. The van der Waals surface area contributed by atoms with Crippen LogP contribution in [0.5, 0.6) is 0 Å². The van der Waals surface area contributed by atoms with E-state index in [0.29, 0.717) is 0 Å². The second-order valence-electron chi connectivity index (χ2n) is 4.34. The van der Waals surface area contributed by atoms with Crippen LogP contribution in [0.3, 0.4) is 0 Å². The Morgan fingerprint density at radius 2 is 2.10 bits per heavy atom. The third kappa shape index (κ3) is 3.97. The Kier molecular flexibility index (Phi) is 4.75. The number of alkyl halides is 3. The van der Waals surface area contributed by atoms with Gasteiger partial charge in [-0.1, -0.05) is 24.2 Å². The highest BCUT2D eigenvalue weighted by Gasteiger charge is 2.34. The lowest BCUT2D eigenvalue weighted by atomic mass is 10.1. The monoisotopic (exact) mass is 289 g/mol. The molecular formula is C13H14F3NO3. The van der Waals surface area contributed by atoms with E-state index in [1.54, 1.807) is 6.92 Å². The topological polar surface area (TPSA) is 58.9 Å². The highest BCUT2D eigenvalue weighted by Crippen LogP contribution is 2.29. The maximum Gasteiger partial charge on any atom is 0.416 e. The van der Waals surface area contributed by atoms with Crippen LogP contribution in [0.1, 0.15) is 31.4 Å². The van der Waals surface area contributed by atoms with Crippen molar-refractivity contribution in [2.45, 2.75) is 32.0 Å². The summed E-state index contributed by atoms with van der Waals surface area (Å²) >= 11 is 0. The number of rotatable bonds is 5. The Morgan fingerprint density at radius 1 is 1.45 bits per heavy atom. The molecule has 4 nitrogen and oxygen atoms in total. The van der Waals surface area contributed by atoms with Gasteiger partial charge in [0, 0.05) is 0 Å². The summed E-state index contributed by atoms with van der Waals surface area (Å²) in [6.45, 7) is 2.94. The van der Waals surface area contributed by atoms with E-state index in [-0.39, 0.29) is 12.0 Å². The van der Waals surface area contributed by atoms with Crippen LogP contribution in [0.2, 0.25) is 0 Å². The van der Waals surface area contributed by atoms with Gasteiger partial charge in [-0.25, -0.2) is 4.79 Å². The van der Waals surface area contributed by atoms with Crippen LogP contribution < -0.4 is 0 Å². The first kappa shape index (κ1) is 16.0. The van der Waals surface area contributed by atoms with Gasteiger partial charge in [0.05, 0.1) is 11.8 Å². The molecule has 1 atom stereocenters. The average Bonchev–Trinajstić information content (AvgIpc) is 2.37. The van der Waals surface area contributed by atoms with E-state index in [4.69, 9.17) is 9.94 Å². The van der Waals surface area contributed by atoms with Crippen LogP contribution in [-0.4, -0.2) is 22.9 Å². The molecule has 1 rings (SSSR count). The van der Waals surface area contributed by atoms with Gasteiger partial charge in [0.2, 0.25) is 5.60 Å². The quantitative estimate of drug-likeness (QED) is 0.668. The van der Waals surface area contributed by atoms with E-state index in [1.807, 2.05) is 0 Å². The Bertz CT molecular complexity index is 514. The zero-order valence-electron chi connectivity index (χ0n) is 10.9. The SMILES string of the molecule is CCC(C)(O/N=C/c1cccc(C(F)(F)F)c1)C(=O)O. The minimum absolute atomic E-state index is 0.169. The molecule has 0 aliphatic rings. The fourth-order valence-corrected chi connectivity index (χ4v) is 1.25. The van der Waals surface area contributed by atoms with Crippen molar-refractivity contribution in [2.24, 2.45) is 5.16 Å². The summed E-state index contributed by atoms with van der Waals surface area (Å²) < 4.78 is 37.5. The lowest BCUT2D eigenvalue weighted by Crippen LogP contribution is -2.36. The molecule has 1 aromatic rings. The smallest absolute Gasteiger partial charge is 0.416 e. The zero-order valence-corrected chi connectivity index (χ0v) is 10.9. The summed E-state index contributed by atoms with van der Waals surface area (Å²) in [5.74, 6) is -1.19. The molecule has 0 saturated heterocycles. The molecule has 0 amide bonds. The fraction of sp³-hybridized carbons (Fsp3) is 0.385. The highest BCUT2D eigenvalue weighted by molar-refractivity contribution is 5.80. The number of carboxylic acids is 1. The third-order valence-corrected chi connectivity index (χ3v) is 2.80. The molecule has 0 saturated carbocycles. The van der Waals surface area contributed by atoms with Gasteiger partial charge in [-0.2, -0.15) is 13.2 Å². The number of carbonyl (C=O) groups is 1. The normalized spacial score (nSPS) is 15.1. The summed E-state index contributed by atoms with van der Waals surface area (Å²) in [6.07, 6.45) is -3.22. The first-order valence-corrected chi connectivity index (χ1v) is 5.81. The van der Waals surface area contributed by atoms with E-state index >= 15 is 0 Å². The number of carboxylic acid groups (broad SMARTS) is 1. The minimum Gasteiger partial charge on any atom is -0.478 e. The number of hydrogen-bond donors (Lipinski definition) is 1. The Balaban J connectivity index is 2.84. The van der Waals surface area contributed by atoms with Gasteiger partial charge in [0.15, 0.2) is 0 Å². The summed E-state index contributed by atoms with van der Waals surface area (Å²) in [7, 11) is 0. The second kappa shape index (κ2) is 5.94. The Hall–Kier alpha value is -2.05. The van der Waals surface area contributed by atoms with Gasteiger partial charge < -0.3 is 9.94 Å². The summed E-state index contributed by atoms with van der Waals surface area (Å²) in [5.41, 5.74) is -2.14. The van der Waals surface area contributed by atoms with E-state index in [0.717, 1.165) is 18.3 Å². The molecule has 110 valence electrons. The molecule has 1 unspecified atom stereocenters. The fourth-order valence-electron chi connectivity index (χ4n) is 1.25. The number of benzene rings is 1. The molecule has 1 aromatic carbocycles. The van der Waals surface area contributed by atoms with Crippen LogP contribution in [0.15, 0.2) is 29.4 Å². The molecule has 0 radical (unpaired) electrons. The largest absolute Gasteiger partial charge is 0.478 e. The molecule has 0 heterocycles. The highest BCUT2D eigenvalue weighted by atomic mass is 19.4. The average molecular weight is 289 g/mol. The van der Waals surface area contributed by atoms with Crippen LogP contribution >= 0.6 is 0 Å². The van der Waals surface area contributed by atoms with E-state index in [1.165, 1.54) is 19.1 Å². The van der Waals surface area contributed by atoms with Crippen LogP contribution in [0.25, 0.3) is 0 Å². The molecule has 20 heavy (non-hydrogen) atoms. The van der Waals surface area contributed by atoms with E-state index < -0.39 is 23.3 Å². The Labute approximate surface area is 113 Å². The first-order chi connectivity index (χ1) is 9.19. The van der Waals surface area contributed by atoms with Gasteiger partial charge in [-0.3, -0.25) is 0 Å². The number of hydrogen-bond acceptors (Lipinski definition) is 3. The van der Waals surface area contributed by atoms with Crippen LogP contribution in [0, 0.1) is 0 Å². The Morgan fingerprint density at radius 3 is 2.60 bits per heavy atom. The molecule has 0 aliphatic carbocycles. The maximum atomic E-state index is 12.5. The lowest BCUT2D eigenvalue weighted by Gasteiger charge is -2.19. The van der Waals surface area contributed by atoms with Crippen molar-refractivity contribution in [3.05, 3.63) is 35.4 Å². The summed E-state index contributed by atoms with van der Waals surface area (Å²) in [4.78, 5) is 15.8. The number of halogens is 3. The van der Waals surface area contributed by atoms with Gasteiger partial charge >= 0.3 is 12.1 Å². The molecule has 0 spiro atoms. The van der Waals surface area contributed by atoms with Crippen LogP contribution in [0.4, 0.5) is 13.2 Å². The first-order valence-electron chi connectivity index (χ1n) is 5.81. The number of aliphatic carboxylic acids is 1. The summed E-state index contributed by atoms with van der Waals surface area (Å²) in [6, 6.07) is 4.48. The lowest BCUT2D eigenvalue weighted by molar-refractivity contribution is -0.163. The van der Waals surface area contributed by atoms with Crippen molar-refractivity contribution in [3.63, 3.8) is 0 Å². The molecule has 0 fully saturated rings. The van der Waals surface area contributed by atoms with Crippen LogP contribution in [-0.2, 0) is 15.8 Å². The minimum atomic E-state index is -4.44. The standard InChI is InChI=1S/C13H14F3NO3/c1-3-12(2,11(18)19)20-17-8-9-5-4-6-10(7-9)13(14,15)16/h4-8H,3H2,1-2H3,(H,18,19)/b17-8+. The molecule has 0 aliphatic heterocycles. The van der Waals surface area contributed by atoms with Crippen molar-refractivity contribution in [1.82, 2.24) is 0 Å². The molecule has 0 aromatic heterocycles. The predicted octanol–water partition coefficient (Wildman–Crippen LogP) is 3.31. The molecule has 1 N–H and O–H groups in total. The third-order valence-electron chi connectivity index (χ3n) is 2.80. The molecule has 0 bridgehead atoms. The van der Waals surface area contributed by atoms with Gasteiger partial charge in [-0.05, 0) is 31.0 Å². The maximum absolute atomic E-state index is 12.5. The molecule has 7 heteroatoms. The van der Waals surface area contributed by atoms with Crippen molar-refractivity contribution in [3.8, 4) is 0 Å². The number of nitrogens with zero attached hydrogens (tertiary/aromatic N) is 1. The van der Waals surface area contributed by atoms with Crippen molar-refractivity contribution >= 4 is 12.2 Å². The zero-order chi connectivity index (χ0) is 15.4. The van der Waals surface area contributed by atoms with E-state index in [9.17, 15) is 18.0 Å². The molecular weight excluding hydrogens is 275 g/mol. The van der Waals surface area contributed by atoms with Gasteiger partial charge in [0.25, 0.3) is 0 Å². The number of oxime groups is 1. The van der Waals surface area contributed by atoms with Crippen molar-refractivity contribution in [1.29, 1.82) is 0 Å². The van der Waals surface area contributed by atoms with Crippen molar-refractivity contribution < 1.29 is 27.9 Å². The van der Waals surface area contributed by atoms with Gasteiger partial charge in [-0.15, -0.1) is 0 Å². The summed E-state index contributed by atoms with van der Waals surface area (Å²) in [5, 5.41) is 12.4. The van der Waals surface area contributed by atoms with Gasteiger partial charge in [0.1, 0.15) is 0 Å². The van der Waals surface area contributed by atoms with E-state index in [2.05, 4.69) is 5.16 Å². The van der Waals surface area contributed by atoms with Crippen molar-refractivity contribution in [2.75, 3.05) is 0 Å².